The van der Waals surface area contributed by atoms with Crippen molar-refractivity contribution in [2.75, 3.05) is 0 Å². The molecule has 0 spiro atoms. The second-order valence-corrected chi connectivity index (χ2v) is 6.05. The van der Waals surface area contributed by atoms with Crippen molar-refractivity contribution in [3.05, 3.63) is 35.5 Å². The first-order valence-electron chi connectivity index (χ1n) is 8.44. The Labute approximate surface area is 140 Å². The van der Waals surface area contributed by atoms with E-state index in [1.54, 1.807) is 0 Å². The SMILES string of the molecule is C=C(F)/C(F)=C(\C/C(F)=C(/F)CC)C(=O)NC1CCCCCCC1. The second-order valence-electron chi connectivity index (χ2n) is 6.05. The normalized spacial score (nSPS) is 18.9. The lowest BCUT2D eigenvalue weighted by atomic mass is 9.96. The van der Waals surface area contributed by atoms with Gasteiger partial charge in [-0.05, 0) is 19.3 Å². The highest BCUT2D eigenvalue weighted by Crippen LogP contribution is 2.26. The van der Waals surface area contributed by atoms with Crippen LogP contribution in [-0.4, -0.2) is 11.9 Å². The average molecular weight is 347 g/mol. The van der Waals surface area contributed by atoms with Crippen molar-refractivity contribution in [2.24, 2.45) is 0 Å². The van der Waals surface area contributed by atoms with Crippen LogP contribution in [0.2, 0.25) is 0 Å². The van der Waals surface area contributed by atoms with Gasteiger partial charge in [-0.3, -0.25) is 4.79 Å². The molecule has 0 saturated heterocycles. The molecular weight excluding hydrogens is 322 g/mol. The van der Waals surface area contributed by atoms with Gasteiger partial charge in [-0.25, -0.2) is 17.6 Å². The van der Waals surface area contributed by atoms with Crippen LogP contribution in [0.15, 0.2) is 35.5 Å². The van der Waals surface area contributed by atoms with Crippen LogP contribution < -0.4 is 5.32 Å². The Morgan fingerprint density at radius 3 is 2.04 bits per heavy atom. The number of halogens is 4. The summed E-state index contributed by atoms with van der Waals surface area (Å²) in [5.74, 6) is -6.25. The molecule has 0 unspecified atom stereocenters. The first-order valence-corrected chi connectivity index (χ1v) is 8.44. The summed E-state index contributed by atoms with van der Waals surface area (Å²) in [6.07, 6.45) is 5.45. The van der Waals surface area contributed by atoms with Gasteiger partial charge in [0, 0.05) is 12.5 Å². The van der Waals surface area contributed by atoms with E-state index in [4.69, 9.17) is 0 Å². The van der Waals surface area contributed by atoms with E-state index in [9.17, 15) is 22.4 Å². The maximum absolute atomic E-state index is 13.9. The van der Waals surface area contributed by atoms with Crippen LogP contribution >= 0.6 is 0 Å². The third-order valence-electron chi connectivity index (χ3n) is 4.15. The quantitative estimate of drug-likeness (QED) is 0.363. The molecule has 0 atom stereocenters. The number of hydrogen-bond acceptors (Lipinski definition) is 1. The number of carbonyl (C=O) groups excluding carboxylic acids is 1. The molecule has 0 aromatic heterocycles. The first kappa shape index (κ1) is 20.5. The smallest absolute Gasteiger partial charge is 0.250 e. The molecule has 2 nitrogen and oxygen atoms in total. The standard InChI is InChI=1S/C18H25F4NO/c1-3-15(20)16(21)11-14(17(22)12(2)19)18(24)23-13-9-7-5-4-6-8-10-13/h13H,2-11H2,1H3,(H,23,24)/b16-15-,17-14-. The number of amides is 1. The van der Waals surface area contributed by atoms with Crippen molar-refractivity contribution in [2.45, 2.75) is 70.8 Å². The number of allylic oxidation sites excluding steroid dienone is 4. The summed E-state index contributed by atoms with van der Waals surface area (Å²) in [6.45, 7) is 4.18. The maximum atomic E-state index is 13.9. The molecule has 1 aliphatic carbocycles. The minimum absolute atomic E-state index is 0.170. The van der Waals surface area contributed by atoms with Crippen molar-refractivity contribution < 1.29 is 22.4 Å². The Morgan fingerprint density at radius 1 is 1.00 bits per heavy atom. The summed E-state index contributed by atoms with van der Waals surface area (Å²) in [6, 6.07) is -0.170. The van der Waals surface area contributed by atoms with E-state index in [0.717, 1.165) is 44.9 Å². The summed E-state index contributed by atoms with van der Waals surface area (Å²) < 4.78 is 54.0. The Bertz CT molecular complexity index is 517. The fourth-order valence-electron chi connectivity index (χ4n) is 2.74. The third-order valence-corrected chi connectivity index (χ3v) is 4.15. The van der Waals surface area contributed by atoms with Crippen molar-refractivity contribution >= 4 is 5.91 Å². The van der Waals surface area contributed by atoms with Gasteiger partial charge in [0.15, 0.2) is 11.7 Å². The summed E-state index contributed by atoms with van der Waals surface area (Å²) in [4.78, 5) is 12.3. The molecule has 1 fully saturated rings. The highest BCUT2D eigenvalue weighted by molar-refractivity contribution is 5.95. The van der Waals surface area contributed by atoms with Crippen LogP contribution in [0.4, 0.5) is 17.6 Å². The molecule has 1 saturated carbocycles. The van der Waals surface area contributed by atoms with Gasteiger partial charge < -0.3 is 5.32 Å². The Hall–Kier alpha value is -1.59. The maximum Gasteiger partial charge on any atom is 0.250 e. The Kier molecular flexibility index (Phi) is 8.79. The molecule has 136 valence electrons. The molecule has 1 rings (SSSR count). The highest BCUT2D eigenvalue weighted by Gasteiger charge is 2.23. The third kappa shape index (κ3) is 6.49. The van der Waals surface area contributed by atoms with Crippen molar-refractivity contribution in [1.29, 1.82) is 0 Å². The number of carbonyl (C=O) groups is 1. The van der Waals surface area contributed by atoms with Gasteiger partial charge in [-0.15, -0.1) is 0 Å². The van der Waals surface area contributed by atoms with Gasteiger partial charge >= 0.3 is 0 Å². The lowest BCUT2D eigenvalue weighted by Crippen LogP contribution is -2.36. The minimum Gasteiger partial charge on any atom is -0.349 e. The fraction of sp³-hybridized carbons (Fsp3) is 0.611. The van der Waals surface area contributed by atoms with E-state index in [-0.39, 0.29) is 12.5 Å². The lowest BCUT2D eigenvalue weighted by Gasteiger charge is -2.22. The topological polar surface area (TPSA) is 29.1 Å². The largest absolute Gasteiger partial charge is 0.349 e. The van der Waals surface area contributed by atoms with E-state index in [2.05, 4.69) is 11.9 Å². The molecule has 6 heteroatoms. The van der Waals surface area contributed by atoms with E-state index in [1.807, 2.05) is 0 Å². The van der Waals surface area contributed by atoms with Crippen LogP contribution in [-0.2, 0) is 4.79 Å². The molecule has 0 aliphatic heterocycles. The van der Waals surface area contributed by atoms with Crippen LogP contribution in [0.1, 0.15) is 64.7 Å². The molecular formula is C18H25F4NO. The summed E-state index contributed by atoms with van der Waals surface area (Å²) in [5, 5.41) is 2.63. The predicted molar refractivity (Wildman–Crippen MR) is 86.8 cm³/mol. The molecule has 0 bridgehead atoms. The zero-order chi connectivity index (χ0) is 18.1. The summed E-state index contributed by atoms with van der Waals surface area (Å²) in [7, 11) is 0. The van der Waals surface area contributed by atoms with Gasteiger partial charge in [0.05, 0.1) is 5.57 Å². The molecule has 0 aromatic carbocycles. The first-order chi connectivity index (χ1) is 11.4. The second kappa shape index (κ2) is 10.3. The molecule has 0 heterocycles. The van der Waals surface area contributed by atoms with E-state index in [1.165, 1.54) is 6.92 Å². The molecule has 1 amide bonds. The van der Waals surface area contributed by atoms with Gasteiger partial charge in [-0.1, -0.05) is 45.6 Å². The van der Waals surface area contributed by atoms with Crippen LogP contribution in [0.3, 0.4) is 0 Å². The summed E-state index contributed by atoms with van der Waals surface area (Å²) >= 11 is 0. The van der Waals surface area contributed by atoms with Crippen LogP contribution in [0.5, 0.6) is 0 Å². The van der Waals surface area contributed by atoms with Gasteiger partial charge in [0.2, 0.25) is 0 Å². The van der Waals surface area contributed by atoms with Crippen molar-refractivity contribution in [1.82, 2.24) is 5.32 Å². The monoisotopic (exact) mass is 347 g/mol. The Balaban J connectivity index is 2.91. The van der Waals surface area contributed by atoms with E-state index in [0.29, 0.717) is 0 Å². The zero-order valence-electron chi connectivity index (χ0n) is 14.1. The van der Waals surface area contributed by atoms with Gasteiger partial charge in [0.1, 0.15) is 11.7 Å². The van der Waals surface area contributed by atoms with Gasteiger partial charge in [0.25, 0.3) is 5.91 Å². The fourth-order valence-corrected chi connectivity index (χ4v) is 2.74. The van der Waals surface area contributed by atoms with Crippen LogP contribution in [0, 0.1) is 0 Å². The molecule has 1 aliphatic rings. The number of rotatable bonds is 6. The predicted octanol–water partition coefficient (Wildman–Crippen LogP) is 5.87. The summed E-state index contributed by atoms with van der Waals surface area (Å²) in [5.41, 5.74) is -0.759. The van der Waals surface area contributed by atoms with Gasteiger partial charge in [-0.2, -0.15) is 0 Å². The van der Waals surface area contributed by atoms with Crippen molar-refractivity contribution in [3.8, 4) is 0 Å². The van der Waals surface area contributed by atoms with E-state index >= 15 is 0 Å². The zero-order valence-corrected chi connectivity index (χ0v) is 14.1. The van der Waals surface area contributed by atoms with Crippen molar-refractivity contribution in [3.63, 3.8) is 0 Å². The molecule has 0 radical (unpaired) electrons. The molecule has 0 aromatic rings. The van der Waals surface area contributed by atoms with Crippen LogP contribution in [0.25, 0.3) is 0 Å². The molecule has 1 N–H and O–H groups in total. The van der Waals surface area contributed by atoms with E-state index < -0.39 is 41.2 Å². The Morgan fingerprint density at radius 2 is 1.54 bits per heavy atom. The minimum atomic E-state index is -1.53. The average Bonchev–Trinajstić information content (AvgIpc) is 2.52. The number of hydrogen-bond donors (Lipinski definition) is 1. The lowest BCUT2D eigenvalue weighted by molar-refractivity contribution is -0.118. The number of nitrogens with one attached hydrogen (secondary N) is 1. The molecule has 24 heavy (non-hydrogen) atoms. The highest BCUT2D eigenvalue weighted by atomic mass is 19.2.